The van der Waals surface area contributed by atoms with Gasteiger partial charge in [0.2, 0.25) is 0 Å². The van der Waals surface area contributed by atoms with Crippen molar-refractivity contribution in [1.29, 1.82) is 0 Å². The maximum absolute atomic E-state index is 13.6. The first-order valence-electron chi connectivity index (χ1n) is 7.35. The third kappa shape index (κ3) is 3.24. The van der Waals surface area contributed by atoms with Gasteiger partial charge in [-0.3, -0.25) is 14.0 Å². The van der Waals surface area contributed by atoms with Crippen LogP contribution < -0.4 is 10.9 Å². The monoisotopic (exact) mass is 345 g/mol. The van der Waals surface area contributed by atoms with Gasteiger partial charge >= 0.3 is 0 Å². The molecule has 0 aliphatic heterocycles. The van der Waals surface area contributed by atoms with Crippen LogP contribution in [-0.2, 0) is 0 Å². The van der Waals surface area contributed by atoms with Crippen molar-refractivity contribution in [2.24, 2.45) is 0 Å². The Labute approximate surface area is 140 Å². The molecule has 2 heterocycles. The molecule has 25 heavy (non-hydrogen) atoms. The summed E-state index contributed by atoms with van der Waals surface area (Å²) in [5.41, 5.74) is -1.01. The van der Waals surface area contributed by atoms with Crippen LogP contribution in [-0.4, -0.2) is 26.9 Å². The van der Waals surface area contributed by atoms with Gasteiger partial charge in [-0.05, 0) is 24.3 Å². The Morgan fingerprint density at radius 1 is 1.20 bits per heavy atom. The van der Waals surface area contributed by atoms with Crippen molar-refractivity contribution in [1.82, 2.24) is 14.7 Å². The van der Waals surface area contributed by atoms with Crippen LogP contribution in [0.1, 0.15) is 22.0 Å². The lowest BCUT2D eigenvalue weighted by atomic mass is 10.1. The molecule has 128 valence electrons. The number of aromatic nitrogens is 2. The molecule has 1 amide bonds. The van der Waals surface area contributed by atoms with Crippen molar-refractivity contribution in [2.45, 2.75) is 6.10 Å². The van der Waals surface area contributed by atoms with Crippen LogP contribution in [0.2, 0.25) is 0 Å². The number of aliphatic hydroxyl groups is 1. The first kappa shape index (κ1) is 16.7. The number of nitrogens with one attached hydrogen (secondary N) is 1. The Balaban J connectivity index is 1.79. The van der Waals surface area contributed by atoms with Crippen molar-refractivity contribution < 1.29 is 18.7 Å². The molecule has 2 aromatic heterocycles. The third-order valence-corrected chi connectivity index (χ3v) is 3.65. The predicted octanol–water partition coefficient (Wildman–Crippen LogP) is 1.44. The molecule has 1 aromatic carbocycles. The molecular formula is C17H13F2N3O3. The Hall–Kier alpha value is -3.13. The molecule has 0 spiro atoms. The van der Waals surface area contributed by atoms with Crippen LogP contribution in [0.4, 0.5) is 8.78 Å². The second kappa shape index (κ2) is 6.78. The smallest absolute Gasteiger partial charge is 0.270 e. The molecule has 0 fully saturated rings. The van der Waals surface area contributed by atoms with E-state index in [0.29, 0.717) is 5.65 Å². The summed E-state index contributed by atoms with van der Waals surface area (Å²) < 4.78 is 28.4. The average Bonchev–Trinajstić information content (AvgIpc) is 2.60. The van der Waals surface area contributed by atoms with Crippen LogP contribution in [0.15, 0.2) is 53.6 Å². The van der Waals surface area contributed by atoms with Gasteiger partial charge in [0.05, 0.1) is 5.56 Å². The standard InChI is InChI=1S/C17H13F2N3O3/c18-11-4-3-5-12(19)15(11)13(23)9-21-16(24)10-8-20-14-6-1-2-7-22(14)17(10)25/h1-8,13,23H,9H2,(H,21,24). The molecule has 0 radical (unpaired) electrons. The number of hydrogen-bond acceptors (Lipinski definition) is 4. The fourth-order valence-corrected chi connectivity index (χ4v) is 2.40. The van der Waals surface area contributed by atoms with Gasteiger partial charge in [-0.1, -0.05) is 12.1 Å². The topological polar surface area (TPSA) is 83.7 Å². The predicted molar refractivity (Wildman–Crippen MR) is 85.1 cm³/mol. The van der Waals surface area contributed by atoms with Gasteiger partial charge in [-0.2, -0.15) is 0 Å². The zero-order valence-electron chi connectivity index (χ0n) is 12.8. The zero-order chi connectivity index (χ0) is 18.0. The zero-order valence-corrected chi connectivity index (χ0v) is 12.8. The fraction of sp³-hybridized carbons (Fsp3) is 0.118. The van der Waals surface area contributed by atoms with E-state index < -0.39 is 41.3 Å². The number of fused-ring (bicyclic) bond motifs is 1. The highest BCUT2D eigenvalue weighted by molar-refractivity contribution is 5.93. The van der Waals surface area contributed by atoms with Crippen LogP contribution in [0, 0.1) is 11.6 Å². The molecule has 0 bridgehead atoms. The van der Waals surface area contributed by atoms with Crippen LogP contribution >= 0.6 is 0 Å². The van der Waals surface area contributed by atoms with Gasteiger partial charge in [0.1, 0.15) is 28.9 Å². The minimum atomic E-state index is -1.60. The van der Waals surface area contributed by atoms with Crippen molar-refractivity contribution in [3.05, 3.63) is 81.9 Å². The van der Waals surface area contributed by atoms with Crippen molar-refractivity contribution in [3.63, 3.8) is 0 Å². The van der Waals surface area contributed by atoms with Crippen molar-refractivity contribution >= 4 is 11.6 Å². The molecule has 1 atom stereocenters. The van der Waals surface area contributed by atoms with Gasteiger partial charge in [0, 0.05) is 18.9 Å². The first-order chi connectivity index (χ1) is 12.0. The first-order valence-corrected chi connectivity index (χ1v) is 7.35. The Bertz CT molecular complexity index is 984. The number of pyridine rings is 1. The maximum Gasteiger partial charge on any atom is 0.270 e. The molecule has 0 aliphatic rings. The number of carbonyl (C=O) groups is 1. The number of nitrogens with zero attached hydrogens (tertiary/aromatic N) is 2. The molecule has 0 aliphatic carbocycles. The highest BCUT2D eigenvalue weighted by atomic mass is 19.1. The summed E-state index contributed by atoms with van der Waals surface area (Å²) >= 11 is 0. The molecule has 3 aromatic rings. The average molecular weight is 345 g/mol. The summed E-state index contributed by atoms with van der Waals surface area (Å²) in [6.45, 7) is -0.465. The fourth-order valence-electron chi connectivity index (χ4n) is 2.40. The van der Waals surface area contributed by atoms with Crippen LogP contribution in [0.25, 0.3) is 5.65 Å². The Kier molecular flexibility index (Phi) is 4.53. The summed E-state index contributed by atoms with van der Waals surface area (Å²) in [5.74, 6) is -2.64. The minimum absolute atomic E-state index is 0.245. The van der Waals surface area contributed by atoms with E-state index >= 15 is 0 Å². The minimum Gasteiger partial charge on any atom is -0.386 e. The highest BCUT2D eigenvalue weighted by Crippen LogP contribution is 2.19. The van der Waals surface area contributed by atoms with E-state index in [0.717, 1.165) is 18.3 Å². The van der Waals surface area contributed by atoms with E-state index in [1.165, 1.54) is 16.7 Å². The second-order valence-corrected chi connectivity index (χ2v) is 5.27. The third-order valence-electron chi connectivity index (χ3n) is 3.65. The van der Waals surface area contributed by atoms with Gasteiger partial charge in [0.15, 0.2) is 0 Å². The maximum atomic E-state index is 13.6. The lowest BCUT2D eigenvalue weighted by Crippen LogP contribution is -2.34. The van der Waals surface area contributed by atoms with Gasteiger partial charge in [-0.15, -0.1) is 0 Å². The number of hydrogen-bond donors (Lipinski definition) is 2. The second-order valence-electron chi connectivity index (χ2n) is 5.27. The summed E-state index contributed by atoms with van der Waals surface area (Å²) in [7, 11) is 0. The summed E-state index contributed by atoms with van der Waals surface area (Å²) in [5, 5.41) is 12.2. The Morgan fingerprint density at radius 3 is 2.64 bits per heavy atom. The van der Waals surface area contributed by atoms with E-state index in [1.807, 2.05) is 0 Å². The van der Waals surface area contributed by atoms with E-state index in [4.69, 9.17) is 0 Å². The summed E-state index contributed by atoms with van der Waals surface area (Å²) in [6, 6.07) is 8.09. The number of rotatable bonds is 4. The lowest BCUT2D eigenvalue weighted by Gasteiger charge is -2.13. The van der Waals surface area contributed by atoms with Crippen LogP contribution in [0.5, 0.6) is 0 Å². The molecule has 3 rings (SSSR count). The molecule has 1 unspecified atom stereocenters. The normalized spacial score (nSPS) is 12.1. The van der Waals surface area contributed by atoms with Gasteiger partial charge < -0.3 is 10.4 Å². The van der Waals surface area contributed by atoms with E-state index in [9.17, 15) is 23.5 Å². The quantitative estimate of drug-likeness (QED) is 0.749. The molecular weight excluding hydrogens is 332 g/mol. The molecule has 6 nitrogen and oxygen atoms in total. The van der Waals surface area contributed by atoms with Gasteiger partial charge in [0.25, 0.3) is 11.5 Å². The number of aliphatic hydroxyl groups excluding tert-OH is 1. The number of benzene rings is 1. The van der Waals surface area contributed by atoms with Crippen molar-refractivity contribution in [3.8, 4) is 0 Å². The Morgan fingerprint density at radius 2 is 1.92 bits per heavy atom. The SMILES string of the molecule is O=C(NCC(O)c1c(F)cccc1F)c1cnc2ccccn2c1=O. The van der Waals surface area contributed by atoms with Crippen LogP contribution in [0.3, 0.4) is 0 Å². The van der Waals surface area contributed by atoms with E-state index in [2.05, 4.69) is 10.3 Å². The molecule has 2 N–H and O–H groups in total. The van der Waals surface area contributed by atoms with E-state index in [-0.39, 0.29) is 5.56 Å². The largest absolute Gasteiger partial charge is 0.386 e. The summed E-state index contributed by atoms with van der Waals surface area (Å²) in [4.78, 5) is 28.4. The van der Waals surface area contributed by atoms with Gasteiger partial charge in [-0.25, -0.2) is 13.8 Å². The number of halogens is 2. The molecule has 8 heteroatoms. The number of carbonyl (C=O) groups excluding carboxylic acids is 1. The summed E-state index contributed by atoms with van der Waals surface area (Å²) in [6.07, 6.45) is 0.981. The highest BCUT2D eigenvalue weighted by Gasteiger charge is 2.20. The molecule has 0 saturated heterocycles. The lowest BCUT2D eigenvalue weighted by molar-refractivity contribution is 0.0909. The van der Waals surface area contributed by atoms with E-state index in [1.54, 1.807) is 18.2 Å². The molecule has 0 saturated carbocycles. The van der Waals surface area contributed by atoms with Crippen molar-refractivity contribution in [2.75, 3.05) is 6.54 Å². The number of amides is 1.